The summed E-state index contributed by atoms with van der Waals surface area (Å²) in [6.45, 7) is 0.509. The summed E-state index contributed by atoms with van der Waals surface area (Å²) in [7, 11) is 0. The summed E-state index contributed by atoms with van der Waals surface area (Å²) in [6.07, 6.45) is 0.824. The van der Waals surface area contributed by atoms with Crippen LogP contribution in [0.2, 0.25) is 4.34 Å². The van der Waals surface area contributed by atoms with Crippen LogP contribution in [0.4, 0.5) is 5.00 Å². The van der Waals surface area contributed by atoms with Crippen LogP contribution in [-0.4, -0.2) is 34.8 Å². The lowest BCUT2D eigenvalue weighted by Crippen LogP contribution is -2.35. The minimum atomic E-state index is -0.844. The molecule has 0 unspecified atom stereocenters. The second-order valence-electron chi connectivity index (χ2n) is 6.09. The molecule has 3 aromatic heterocycles. The van der Waals surface area contributed by atoms with Crippen LogP contribution in [0, 0.1) is 11.3 Å². The topological polar surface area (TPSA) is 107 Å². The number of carbonyl (C=O) groups excluding carboxylic acids is 1. The van der Waals surface area contributed by atoms with Crippen LogP contribution >= 0.6 is 34.3 Å². The van der Waals surface area contributed by atoms with E-state index in [9.17, 15) is 20.0 Å². The standard InChI is InChI=1S/C19H17ClN4O3S2/c20-16-5-4-15(29-16)18(27)22-8-13(25)9-23-19-14(7-21)12(11-28-19)10-24-6-2-1-3-17(24)26/h1-6,11,13,23,25H,8-10H2,(H,22,27)/t13-/m0/s1. The Morgan fingerprint density at radius 2 is 2.14 bits per heavy atom. The number of nitriles is 1. The number of rotatable bonds is 8. The molecule has 0 aromatic carbocycles. The van der Waals surface area contributed by atoms with Crippen molar-refractivity contribution >= 4 is 45.2 Å². The number of aromatic nitrogens is 1. The Morgan fingerprint density at radius 3 is 2.83 bits per heavy atom. The van der Waals surface area contributed by atoms with E-state index in [1.807, 2.05) is 5.38 Å². The average Bonchev–Trinajstić information content (AvgIpc) is 3.32. The third-order valence-corrected chi connectivity index (χ3v) is 6.23. The lowest BCUT2D eigenvalue weighted by molar-refractivity contribution is 0.0926. The van der Waals surface area contributed by atoms with Gasteiger partial charge in [0.1, 0.15) is 11.1 Å². The normalized spacial score (nSPS) is 11.6. The van der Waals surface area contributed by atoms with Crippen LogP contribution in [0.5, 0.6) is 0 Å². The Morgan fingerprint density at radius 1 is 1.31 bits per heavy atom. The van der Waals surface area contributed by atoms with E-state index in [1.54, 1.807) is 30.5 Å². The van der Waals surface area contributed by atoms with E-state index in [4.69, 9.17) is 11.6 Å². The minimum absolute atomic E-state index is 0.0564. The number of hydrogen-bond donors (Lipinski definition) is 3. The molecule has 0 aliphatic carbocycles. The number of aliphatic hydroxyl groups is 1. The summed E-state index contributed by atoms with van der Waals surface area (Å²) in [5, 5.41) is 27.7. The molecule has 3 rings (SSSR count). The number of carbonyl (C=O) groups is 1. The third kappa shape index (κ3) is 5.46. The second kappa shape index (κ2) is 9.71. The molecule has 0 fully saturated rings. The van der Waals surface area contributed by atoms with Crippen molar-refractivity contribution in [3.63, 3.8) is 0 Å². The molecular weight excluding hydrogens is 432 g/mol. The van der Waals surface area contributed by atoms with Crippen molar-refractivity contribution in [1.29, 1.82) is 5.26 Å². The van der Waals surface area contributed by atoms with Crippen molar-refractivity contribution < 1.29 is 9.90 Å². The highest BCUT2D eigenvalue weighted by atomic mass is 35.5. The number of anilines is 1. The van der Waals surface area contributed by atoms with Gasteiger partial charge in [-0.05, 0) is 23.6 Å². The fourth-order valence-corrected chi connectivity index (χ4v) is 4.43. The molecule has 0 aliphatic heterocycles. The van der Waals surface area contributed by atoms with Gasteiger partial charge in [-0.3, -0.25) is 9.59 Å². The Hall–Kier alpha value is -2.64. The van der Waals surface area contributed by atoms with Gasteiger partial charge in [0.2, 0.25) is 0 Å². The zero-order valence-electron chi connectivity index (χ0n) is 15.1. The molecule has 0 bridgehead atoms. The quantitative estimate of drug-likeness (QED) is 0.491. The monoisotopic (exact) mass is 448 g/mol. The molecule has 3 N–H and O–H groups in total. The van der Waals surface area contributed by atoms with Crippen LogP contribution in [0.3, 0.4) is 0 Å². The molecule has 0 saturated heterocycles. The number of pyridine rings is 1. The highest BCUT2D eigenvalue weighted by Crippen LogP contribution is 2.28. The third-order valence-electron chi connectivity index (χ3n) is 4.01. The molecule has 29 heavy (non-hydrogen) atoms. The first kappa shape index (κ1) is 21.1. The molecule has 7 nitrogen and oxygen atoms in total. The SMILES string of the molecule is N#Cc1c(Cn2ccccc2=O)csc1NC[C@@H](O)CNC(=O)c1ccc(Cl)s1. The molecule has 1 amide bonds. The van der Waals surface area contributed by atoms with E-state index < -0.39 is 6.10 Å². The van der Waals surface area contributed by atoms with E-state index in [0.717, 1.165) is 16.9 Å². The van der Waals surface area contributed by atoms with Gasteiger partial charge >= 0.3 is 0 Å². The van der Waals surface area contributed by atoms with Gasteiger partial charge in [0.15, 0.2) is 0 Å². The van der Waals surface area contributed by atoms with Crippen LogP contribution < -0.4 is 16.2 Å². The summed E-state index contributed by atoms with van der Waals surface area (Å²) >= 11 is 8.31. The Bertz CT molecular complexity index is 1100. The van der Waals surface area contributed by atoms with Crippen LogP contribution in [0.1, 0.15) is 20.8 Å². The zero-order chi connectivity index (χ0) is 20.8. The predicted octanol–water partition coefficient (Wildman–Crippen LogP) is 2.75. The predicted molar refractivity (Wildman–Crippen MR) is 115 cm³/mol. The van der Waals surface area contributed by atoms with Gasteiger partial charge in [0, 0.05) is 30.9 Å². The fraction of sp³-hybridized carbons (Fsp3) is 0.211. The first-order valence-electron chi connectivity index (χ1n) is 8.59. The first-order valence-corrected chi connectivity index (χ1v) is 10.7. The number of thiophene rings is 2. The number of hydrogen-bond acceptors (Lipinski definition) is 7. The van der Waals surface area contributed by atoms with Gasteiger partial charge in [-0.25, -0.2) is 0 Å². The molecule has 0 saturated carbocycles. The largest absolute Gasteiger partial charge is 0.389 e. The van der Waals surface area contributed by atoms with Gasteiger partial charge in [-0.15, -0.1) is 22.7 Å². The van der Waals surface area contributed by atoms with Gasteiger partial charge in [0.05, 0.1) is 27.4 Å². The maximum atomic E-state index is 12.0. The lowest BCUT2D eigenvalue weighted by atomic mass is 10.2. The van der Waals surface area contributed by atoms with Gasteiger partial charge in [-0.1, -0.05) is 17.7 Å². The molecule has 3 aromatic rings. The zero-order valence-corrected chi connectivity index (χ0v) is 17.5. The van der Waals surface area contributed by atoms with E-state index >= 15 is 0 Å². The molecule has 3 heterocycles. The van der Waals surface area contributed by atoms with Gasteiger partial charge < -0.3 is 20.3 Å². The second-order valence-corrected chi connectivity index (χ2v) is 8.69. The summed E-state index contributed by atoms with van der Waals surface area (Å²) in [5.74, 6) is -0.301. The summed E-state index contributed by atoms with van der Waals surface area (Å²) in [5.41, 5.74) is 1.02. The van der Waals surface area contributed by atoms with Crippen molar-refractivity contribution in [2.75, 3.05) is 18.4 Å². The van der Waals surface area contributed by atoms with Gasteiger partial charge in [0.25, 0.3) is 11.5 Å². The molecule has 10 heteroatoms. The number of amides is 1. The molecule has 1 atom stereocenters. The van der Waals surface area contributed by atoms with Gasteiger partial charge in [-0.2, -0.15) is 5.26 Å². The van der Waals surface area contributed by atoms with E-state index in [-0.39, 0.29) is 24.6 Å². The summed E-state index contributed by atoms with van der Waals surface area (Å²) in [6, 6.07) is 10.3. The minimum Gasteiger partial charge on any atom is -0.389 e. The number of halogens is 1. The molecule has 0 radical (unpaired) electrons. The fourth-order valence-electron chi connectivity index (χ4n) is 2.55. The molecule has 0 aliphatic rings. The number of nitrogens with one attached hydrogen (secondary N) is 2. The number of nitrogens with zero attached hydrogens (tertiary/aromatic N) is 2. The van der Waals surface area contributed by atoms with Crippen molar-refractivity contribution in [2.24, 2.45) is 0 Å². The van der Waals surface area contributed by atoms with E-state index in [0.29, 0.717) is 26.3 Å². The summed E-state index contributed by atoms with van der Waals surface area (Å²) < 4.78 is 2.04. The Labute approximate surface area is 179 Å². The summed E-state index contributed by atoms with van der Waals surface area (Å²) in [4.78, 5) is 24.3. The first-order chi connectivity index (χ1) is 14.0. The van der Waals surface area contributed by atoms with Crippen molar-refractivity contribution in [3.8, 4) is 6.07 Å². The molecule has 150 valence electrons. The number of aliphatic hydroxyl groups excluding tert-OH is 1. The molecular formula is C19H17ClN4O3S2. The average molecular weight is 449 g/mol. The van der Waals surface area contributed by atoms with Crippen LogP contribution in [0.25, 0.3) is 0 Å². The van der Waals surface area contributed by atoms with Crippen molar-refractivity contribution in [2.45, 2.75) is 12.6 Å². The smallest absolute Gasteiger partial charge is 0.261 e. The van der Waals surface area contributed by atoms with Crippen LogP contribution in [-0.2, 0) is 6.54 Å². The van der Waals surface area contributed by atoms with E-state index in [1.165, 1.54) is 22.0 Å². The molecule has 0 spiro atoms. The van der Waals surface area contributed by atoms with Crippen molar-refractivity contribution in [1.82, 2.24) is 9.88 Å². The highest BCUT2D eigenvalue weighted by molar-refractivity contribution is 7.18. The Balaban J connectivity index is 1.56. The van der Waals surface area contributed by atoms with Crippen molar-refractivity contribution in [3.05, 3.63) is 72.6 Å². The Kier molecular flexibility index (Phi) is 7.06. The lowest BCUT2D eigenvalue weighted by Gasteiger charge is -2.13. The van der Waals surface area contributed by atoms with E-state index in [2.05, 4.69) is 16.7 Å². The maximum Gasteiger partial charge on any atom is 0.261 e. The highest BCUT2D eigenvalue weighted by Gasteiger charge is 2.15. The van der Waals surface area contributed by atoms with Crippen LogP contribution in [0.15, 0.2) is 46.7 Å². The maximum absolute atomic E-state index is 12.0.